The minimum Gasteiger partial charge on any atom is -0.382 e. The number of nitrogens with one attached hydrogen (secondary N) is 2. The Bertz CT molecular complexity index is 1110. The van der Waals surface area contributed by atoms with Crippen LogP contribution >= 0.6 is 24.0 Å². The number of hydrogen-bond acceptors (Lipinski definition) is 4. The molecule has 0 fully saturated rings. The number of nitrogen functional groups attached to an aromatic ring is 1. The van der Waals surface area contributed by atoms with E-state index in [0.717, 1.165) is 36.6 Å². The zero-order valence-electron chi connectivity index (χ0n) is 19.4. The molecule has 7 nitrogen and oxygen atoms in total. The number of aliphatic imine (C=N–C) groups is 1. The van der Waals surface area contributed by atoms with Crippen LogP contribution in [0.4, 0.5) is 5.82 Å². The van der Waals surface area contributed by atoms with Gasteiger partial charge in [0.1, 0.15) is 17.5 Å². The minimum atomic E-state index is 0. The molecule has 33 heavy (non-hydrogen) atoms. The molecule has 0 amide bonds. The van der Waals surface area contributed by atoms with E-state index in [4.69, 9.17) is 5.73 Å². The van der Waals surface area contributed by atoms with Gasteiger partial charge in [0.2, 0.25) is 0 Å². The maximum absolute atomic E-state index is 9.58. The number of nitrogens with zero attached hydrogens (tertiary/aromatic N) is 4. The second kappa shape index (κ2) is 12.8. The first-order valence-corrected chi connectivity index (χ1v) is 10.9. The first-order valence-electron chi connectivity index (χ1n) is 10.9. The molecule has 0 bridgehead atoms. The Morgan fingerprint density at radius 3 is 2.45 bits per heavy atom. The number of anilines is 1. The molecule has 174 valence electrons. The fourth-order valence-electron chi connectivity index (χ4n) is 3.59. The molecule has 2 aromatic carbocycles. The highest BCUT2D eigenvalue weighted by atomic mass is 127. The van der Waals surface area contributed by atoms with Crippen LogP contribution < -0.4 is 16.4 Å². The Kier molecular flexibility index (Phi) is 10.2. The zero-order valence-corrected chi connectivity index (χ0v) is 21.8. The van der Waals surface area contributed by atoms with Gasteiger partial charge in [0.25, 0.3) is 0 Å². The molecule has 0 unspecified atom stereocenters. The Morgan fingerprint density at radius 2 is 1.82 bits per heavy atom. The first-order chi connectivity index (χ1) is 15.6. The van der Waals surface area contributed by atoms with Gasteiger partial charge in [0.15, 0.2) is 5.96 Å². The molecular formula is C25H32IN7. The van der Waals surface area contributed by atoms with E-state index in [1.807, 2.05) is 31.2 Å². The molecule has 4 N–H and O–H groups in total. The molecule has 0 aliphatic carbocycles. The number of aromatic nitrogens is 2. The summed E-state index contributed by atoms with van der Waals surface area (Å²) in [4.78, 5) is 4.30. The summed E-state index contributed by atoms with van der Waals surface area (Å²) in [5.41, 5.74) is 12.0. The van der Waals surface area contributed by atoms with Crippen molar-refractivity contribution in [3.8, 4) is 11.8 Å². The van der Waals surface area contributed by atoms with Crippen LogP contribution in [0.3, 0.4) is 0 Å². The molecule has 0 radical (unpaired) electrons. The number of hydrogen-bond donors (Lipinski definition) is 3. The first kappa shape index (κ1) is 26.2. The average molecular weight is 557 g/mol. The van der Waals surface area contributed by atoms with Crippen LogP contribution in [-0.2, 0) is 19.4 Å². The smallest absolute Gasteiger partial charge is 0.191 e. The number of guanidine groups is 1. The predicted molar refractivity (Wildman–Crippen MR) is 145 cm³/mol. The normalized spacial score (nSPS) is 10.9. The fourth-order valence-corrected chi connectivity index (χ4v) is 3.59. The van der Waals surface area contributed by atoms with E-state index in [9.17, 15) is 5.26 Å². The van der Waals surface area contributed by atoms with E-state index in [2.05, 4.69) is 58.0 Å². The third-order valence-corrected chi connectivity index (χ3v) is 5.44. The summed E-state index contributed by atoms with van der Waals surface area (Å²) in [6, 6.07) is 18.5. The molecule has 3 aromatic rings. The predicted octanol–water partition coefficient (Wildman–Crippen LogP) is 4.11. The van der Waals surface area contributed by atoms with E-state index in [0.29, 0.717) is 30.0 Å². The SMILES string of the molecule is CCc1ccccc1CNC(=NC)NCCCc1nn(-c2ccc(C)cc2)c(N)c1C#N.I. The number of nitrogens with two attached hydrogens (primary N) is 1. The number of nitriles is 1. The number of aryl methyl sites for hydroxylation is 3. The van der Waals surface area contributed by atoms with Crippen LogP contribution in [0.15, 0.2) is 53.5 Å². The third kappa shape index (κ3) is 6.71. The summed E-state index contributed by atoms with van der Waals surface area (Å²) in [6.07, 6.45) is 2.45. The lowest BCUT2D eigenvalue weighted by Crippen LogP contribution is -2.37. The topological polar surface area (TPSA) is 104 Å². The fraction of sp³-hybridized carbons (Fsp3) is 0.320. The van der Waals surface area contributed by atoms with Crippen molar-refractivity contribution in [2.45, 2.75) is 39.7 Å². The minimum absolute atomic E-state index is 0. The molecular weight excluding hydrogens is 525 g/mol. The highest BCUT2D eigenvalue weighted by Gasteiger charge is 2.16. The Hall–Kier alpha value is -3.06. The summed E-state index contributed by atoms with van der Waals surface area (Å²) in [5.74, 6) is 1.13. The van der Waals surface area contributed by atoms with Crippen molar-refractivity contribution in [2.75, 3.05) is 19.3 Å². The van der Waals surface area contributed by atoms with Crippen molar-refractivity contribution in [3.05, 3.63) is 76.5 Å². The largest absolute Gasteiger partial charge is 0.382 e. The van der Waals surface area contributed by atoms with Crippen LogP contribution in [0.1, 0.15) is 41.3 Å². The monoisotopic (exact) mass is 557 g/mol. The Morgan fingerprint density at radius 1 is 1.12 bits per heavy atom. The Labute approximate surface area is 213 Å². The van der Waals surface area contributed by atoms with Gasteiger partial charge in [-0.2, -0.15) is 10.4 Å². The lowest BCUT2D eigenvalue weighted by molar-refractivity contribution is 0.721. The zero-order chi connectivity index (χ0) is 22.9. The second-order valence-corrected chi connectivity index (χ2v) is 7.64. The summed E-state index contributed by atoms with van der Waals surface area (Å²) < 4.78 is 1.65. The van der Waals surface area contributed by atoms with E-state index < -0.39 is 0 Å². The Balaban J connectivity index is 0.00000385. The number of benzene rings is 2. The molecule has 3 rings (SSSR count). The number of halogens is 1. The van der Waals surface area contributed by atoms with Crippen molar-refractivity contribution in [2.24, 2.45) is 4.99 Å². The molecule has 0 saturated carbocycles. The highest BCUT2D eigenvalue weighted by molar-refractivity contribution is 14.0. The van der Waals surface area contributed by atoms with Crippen LogP contribution in [0.25, 0.3) is 5.69 Å². The van der Waals surface area contributed by atoms with Gasteiger partial charge in [-0.3, -0.25) is 4.99 Å². The van der Waals surface area contributed by atoms with Crippen molar-refractivity contribution in [1.29, 1.82) is 5.26 Å². The van der Waals surface area contributed by atoms with E-state index in [1.165, 1.54) is 11.1 Å². The van der Waals surface area contributed by atoms with Gasteiger partial charge in [-0.25, -0.2) is 4.68 Å². The maximum Gasteiger partial charge on any atom is 0.191 e. The van der Waals surface area contributed by atoms with Gasteiger partial charge in [-0.1, -0.05) is 48.9 Å². The van der Waals surface area contributed by atoms with Gasteiger partial charge in [-0.05, 0) is 49.4 Å². The van der Waals surface area contributed by atoms with Crippen LogP contribution in [0, 0.1) is 18.3 Å². The van der Waals surface area contributed by atoms with Crippen molar-refractivity contribution in [3.63, 3.8) is 0 Å². The summed E-state index contributed by atoms with van der Waals surface area (Å²) >= 11 is 0. The summed E-state index contributed by atoms with van der Waals surface area (Å²) in [7, 11) is 1.76. The summed E-state index contributed by atoms with van der Waals surface area (Å²) in [5, 5.41) is 20.9. The molecule has 0 atom stereocenters. The van der Waals surface area contributed by atoms with E-state index in [1.54, 1.807) is 11.7 Å². The number of rotatable bonds is 8. The molecule has 1 heterocycles. The van der Waals surface area contributed by atoms with Crippen LogP contribution in [0.2, 0.25) is 0 Å². The van der Waals surface area contributed by atoms with E-state index >= 15 is 0 Å². The van der Waals surface area contributed by atoms with Gasteiger partial charge in [-0.15, -0.1) is 24.0 Å². The quantitative estimate of drug-likeness (QED) is 0.167. The van der Waals surface area contributed by atoms with Crippen molar-refractivity contribution >= 4 is 35.8 Å². The molecule has 0 saturated heterocycles. The molecule has 1 aromatic heterocycles. The lowest BCUT2D eigenvalue weighted by atomic mass is 10.1. The maximum atomic E-state index is 9.58. The molecule has 0 aliphatic rings. The van der Waals surface area contributed by atoms with Crippen molar-refractivity contribution < 1.29 is 0 Å². The molecule has 0 spiro atoms. The average Bonchev–Trinajstić information content (AvgIpc) is 3.14. The van der Waals surface area contributed by atoms with Gasteiger partial charge in [0.05, 0.1) is 11.4 Å². The third-order valence-electron chi connectivity index (χ3n) is 5.44. The second-order valence-electron chi connectivity index (χ2n) is 7.64. The summed E-state index contributed by atoms with van der Waals surface area (Å²) in [6.45, 7) is 5.62. The van der Waals surface area contributed by atoms with E-state index in [-0.39, 0.29) is 24.0 Å². The van der Waals surface area contributed by atoms with Gasteiger partial charge >= 0.3 is 0 Å². The van der Waals surface area contributed by atoms with Gasteiger partial charge in [0, 0.05) is 20.1 Å². The lowest BCUT2D eigenvalue weighted by Gasteiger charge is -2.13. The van der Waals surface area contributed by atoms with Crippen LogP contribution in [-0.4, -0.2) is 29.3 Å². The molecule has 0 aliphatic heterocycles. The highest BCUT2D eigenvalue weighted by Crippen LogP contribution is 2.21. The standard InChI is InChI=1S/C25H31N7.HI/c1-4-19-8-5-6-9-20(19)17-30-25(28-3)29-15-7-10-23-22(16-26)24(27)32(31-23)21-13-11-18(2)12-14-21;/h5-6,8-9,11-14H,4,7,10,15,17,27H2,1-3H3,(H2,28,29,30);1H. The molecule has 8 heteroatoms. The van der Waals surface area contributed by atoms with Gasteiger partial charge < -0.3 is 16.4 Å². The van der Waals surface area contributed by atoms with Crippen molar-refractivity contribution in [1.82, 2.24) is 20.4 Å². The van der Waals surface area contributed by atoms with Crippen LogP contribution in [0.5, 0.6) is 0 Å².